The summed E-state index contributed by atoms with van der Waals surface area (Å²) in [6.07, 6.45) is 1.80. The standard InChI is InChI=1S/C13H18Cl2N2O/c14-12-10(2-1-5-16)3-4-11(13(12)15)17-6-8-18-9-7-17/h3-4H,1-2,5-9,16H2. The summed E-state index contributed by atoms with van der Waals surface area (Å²) in [6, 6.07) is 4.10. The van der Waals surface area contributed by atoms with Gasteiger partial charge in [-0.1, -0.05) is 29.3 Å². The first kappa shape index (κ1) is 13.9. The lowest BCUT2D eigenvalue weighted by molar-refractivity contribution is 0.122. The Hall–Kier alpha value is -0.480. The van der Waals surface area contributed by atoms with E-state index in [1.54, 1.807) is 0 Å². The molecule has 0 aromatic heterocycles. The summed E-state index contributed by atoms with van der Waals surface area (Å²) < 4.78 is 5.34. The van der Waals surface area contributed by atoms with Crippen LogP contribution in [0.25, 0.3) is 0 Å². The highest BCUT2D eigenvalue weighted by atomic mass is 35.5. The van der Waals surface area contributed by atoms with Crippen LogP contribution >= 0.6 is 23.2 Å². The maximum absolute atomic E-state index is 6.36. The fourth-order valence-electron chi connectivity index (χ4n) is 2.11. The molecule has 2 rings (SSSR count). The second-order valence-corrected chi connectivity index (χ2v) is 5.12. The number of hydrogen-bond acceptors (Lipinski definition) is 3. The number of hydrogen-bond donors (Lipinski definition) is 1. The van der Waals surface area contributed by atoms with Crippen LogP contribution in [0.1, 0.15) is 12.0 Å². The van der Waals surface area contributed by atoms with E-state index in [-0.39, 0.29) is 0 Å². The quantitative estimate of drug-likeness (QED) is 0.926. The van der Waals surface area contributed by atoms with Gasteiger partial charge in [-0.3, -0.25) is 0 Å². The van der Waals surface area contributed by atoms with Crippen LogP contribution in [-0.4, -0.2) is 32.8 Å². The Bertz CT molecular complexity index is 406. The van der Waals surface area contributed by atoms with E-state index in [0.29, 0.717) is 16.6 Å². The minimum absolute atomic E-state index is 0.646. The third-order valence-electron chi connectivity index (χ3n) is 3.14. The first-order valence-corrected chi connectivity index (χ1v) is 6.99. The largest absolute Gasteiger partial charge is 0.378 e. The Labute approximate surface area is 118 Å². The lowest BCUT2D eigenvalue weighted by Gasteiger charge is -2.30. The number of rotatable bonds is 4. The summed E-state index contributed by atoms with van der Waals surface area (Å²) in [4.78, 5) is 2.21. The Kier molecular flexibility index (Phi) is 5.13. The zero-order valence-corrected chi connectivity index (χ0v) is 11.8. The van der Waals surface area contributed by atoms with Gasteiger partial charge in [0.1, 0.15) is 0 Å². The summed E-state index contributed by atoms with van der Waals surface area (Å²) in [5.74, 6) is 0. The van der Waals surface area contributed by atoms with Gasteiger partial charge in [-0.2, -0.15) is 0 Å². The van der Waals surface area contributed by atoms with Gasteiger partial charge in [-0.25, -0.2) is 0 Å². The molecule has 3 nitrogen and oxygen atoms in total. The van der Waals surface area contributed by atoms with Gasteiger partial charge in [-0.15, -0.1) is 0 Å². The molecule has 5 heteroatoms. The lowest BCUT2D eigenvalue weighted by atomic mass is 10.1. The molecule has 2 N–H and O–H groups in total. The van der Waals surface area contributed by atoms with Crippen molar-refractivity contribution in [2.45, 2.75) is 12.8 Å². The van der Waals surface area contributed by atoms with E-state index in [9.17, 15) is 0 Å². The molecule has 0 unspecified atom stereocenters. The van der Waals surface area contributed by atoms with Crippen LogP contribution in [0.2, 0.25) is 10.0 Å². The van der Waals surface area contributed by atoms with Crippen LogP contribution in [0.5, 0.6) is 0 Å². The van der Waals surface area contributed by atoms with E-state index in [1.165, 1.54) is 0 Å². The Balaban J connectivity index is 2.19. The predicted molar refractivity (Wildman–Crippen MR) is 76.9 cm³/mol. The number of nitrogens with zero attached hydrogens (tertiary/aromatic N) is 1. The number of nitrogens with two attached hydrogens (primary N) is 1. The summed E-state index contributed by atoms with van der Waals surface area (Å²) in [7, 11) is 0. The van der Waals surface area contributed by atoms with Crippen molar-refractivity contribution in [2.75, 3.05) is 37.7 Å². The molecule has 0 saturated carbocycles. The molecule has 0 bridgehead atoms. The number of anilines is 1. The Morgan fingerprint density at radius 1 is 1.17 bits per heavy atom. The molecule has 1 aromatic carbocycles. The third kappa shape index (κ3) is 3.09. The van der Waals surface area contributed by atoms with E-state index in [0.717, 1.165) is 50.4 Å². The summed E-state index contributed by atoms with van der Waals surface area (Å²) in [5.41, 5.74) is 7.59. The second kappa shape index (κ2) is 6.62. The van der Waals surface area contributed by atoms with Crippen molar-refractivity contribution < 1.29 is 4.74 Å². The van der Waals surface area contributed by atoms with Crippen LogP contribution in [0.4, 0.5) is 5.69 Å². The highest BCUT2D eigenvalue weighted by molar-refractivity contribution is 6.44. The van der Waals surface area contributed by atoms with Crippen molar-refractivity contribution in [3.8, 4) is 0 Å². The fourth-order valence-corrected chi connectivity index (χ4v) is 2.67. The molecule has 0 radical (unpaired) electrons. The number of morpholine rings is 1. The SMILES string of the molecule is NCCCc1ccc(N2CCOCC2)c(Cl)c1Cl. The maximum atomic E-state index is 6.36. The molecule has 0 amide bonds. The molecule has 1 heterocycles. The Morgan fingerprint density at radius 3 is 2.56 bits per heavy atom. The monoisotopic (exact) mass is 288 g/mol. The van der Waals surface area contributed by atoms with Gasteiger partial charge >= 0.3 is 0 Å². The average Bonchev–Trinajstić information content (AvgIpc) is 2.41. The molecule has 1 fully saturated rings. The third-order valence-corrected chi connectivity index (χ3v) is 4.05. The topological polar surface area (TPSA) is 38.5 Å². The first-order valence-electron chi connectivity index (χ1n) is 6.23. The number of ether oxygens (including phenoxy) is 1. The summed E-state index contributed by atoms with van der Waals surface area (Å²) in [5, 5.41) is 1.31. The van der Waals surface area contributed by atoms with E-state index >= 15 is 0 Å². The van der Waals surface area contributed by atoms with Crippen LogP contribution < -0.4 is 10.6 Å². The van der Waals surface area contributed by atoms with Crippen LogP contribution in [0, 0.1) is 0 Å². The molecule has 0 spiro atoms. The molecular weight excluding hydrogens is 271 g/mol. The van der Waals surface area contributed by atoms with E-state index in [2.05, 4.69) is 11.0 Å². The van der Waals surface area contributed by atoms with Crippen molar-refractivity contribution in [1.29, 1.82) is 0 Å². The van der Waals surface area contributed by atoms with Crippen molar-refractivity contribution in [2.24, 2.45) is 5.73 Å². The normalized spacial score (nSPS) is 16.1. The van der Waals surface area contributed by atoms with Crippen molar-refractivity contribution >= 4 is 28.9 Å². The molecular formula is C13H18Cl2N2O. The van der Waals surface area contributed by atoms with Gasteiger partial charge in [0.2, 0.25) is 0 Å². The number of aryl methyl sites for hydroxylation is 1. The van der Waals surface area contributed by atoms with E-state index in [1.807, 2.05) is 6.07 Å². The molecule has 0 aliphatic carbocycles. The van der Waals surface area contributed by atoms with Crippen LogP contribution in [-0.2, 0) is 11.2 Å². The second-order valence-electron chi connectivity index (χ2n) is 4.36. The smallest absolute Gasteiger partial charge is 0.0828 e. The molecule has 18 heavy (non-hydrogen) atoms. The molecule has 100 valence electrons. The van der Waals surface area contributed by atoms with Gasteiger partial charge in [0.05, 0.1) is 28.9 Å². The zero-order chi connectivity index (χ0) is 13.0. The first-order chi connectivity index (χ1) is 8.74. The van der Waals surface area contributed by atoms with E-state index in [4.69, 9.17) is 33.7 Å². The predicted octanol–water partition coefficient (Wildman–Crippen LogP) is 2.72. The van der Waals surface area contributed by atoms with Gasteiger partial charge in [-0.05, 0) is 31.0 Å². The highest BCUT2D eigenvalue weighted by Gasteiger charge is 2.17. The van der Waals surface area contributed by atoms with Crippen LogP contribution in [0.3, 0.4) is 0 Å². The molecule has 0 atom stereocenters. The van der Waals surface area contributed by atoms with Crippen LogP contribution in [0.15, 0.2) is 12.1 Å². The van der Waals surface area contributed by atoms with Crippen molar-refractivity contribution in [1.82, 2.24) is 0 Å². The van der Waals surface area contributed by atoms with Gasteiger partial charge in [0.15, 0.2) is 0 Å². The van der Waals surface area contributed by atoms with Crippen molar-refractivity contribution in [3.05, 3.63) is 27.7 Å². The van der Waals surface area contributed by atoms with Crippen molar-refractivity contribution in [3.63, 3.8) is 0 Å². The summed E-state index contributed by atoms with van der Waals surface area (Å²) in [6.45, 7) is 3.86. The van der Waals surface area contributed by atoms with Gasteiger partial charge in [0.25, 0.3) is 0 Å². The van der Waals surface area contributed by atoms with Gasteiger partial charge in [0, 0.05) is 13.1 Å². The number of halogens is 2. The Morgan fingerprint density at radius 2 is 1.89 bits per heavy atom. The van der Waals surface area contributed by atoms with E-state index < -0.39 is 0 Å². The fraction of sp³-hybridized carbons (Fsp3) is 0.538. The maximum Gasteiger partial charge on any atom is 0.0828 e. The molecule has 1 saturated heterocycles. The lowest BCUT2D eigenvalue weighted by Crippen LogP contribution is -2.36. The molecule has 1 aliphatic heterocycles. The molecule has 1 aliphatic rings. The molecule has 1 aromatic rings. The minimum atomic E-state index is 0.646. The summed E-state index contributed by atoms with van der Waals surface area (Å²) >= 11 is 12.7. The zero-order valence-electron chi connectivity index (χ0n) is 10.3. The average molecular weight is 289 g/mol. The highest BCUT2D eigenvalue weighted by Crippen LogP contribution is 2.36. The van der Waals surface area contributed by atoms with Gasteiger partial charge < -0.3 is 15.4 Å². The minimum Gasteiger partial charge on any atom is -0.378 e. The number of benzene rings is 1.